The Labute approximate surface area is 221 Å². The molecule has 10 heteroatoms. The van der Waals surface area contributed by atoms with Crippen LogP contribution in [0.1, 0.15) is 23.6 Å². The van der Waals surface area contributed by atoms with Gasteiger partial charge in [-0.1, -0.05) is 0 Å². The van der Waals surface area contributed by atoms with Crippen LogP contribution < -0.4 is 18.9 Å². The lowest BCUT2D eigenvalue weighted by Crippen LogP contribution is -2.39. The second-order valence-electron chi connectivity index (χ2n) is 9.27. The summed E-state index contributed by atoms with van der Waals surface area (Å²) in [7, 11) is 3.07. The van der Waals surface area contributed by atoms with Gasteiger partial charge in [-0.25, -0.2) is 0 Å². The third kappa shape index (κ3) is 5.01. The molecular formula is C28H32N2O8. The summed E-state index contributed by atoms with van der Waals surface area (Å²) in [6, 6.07) is 9.33. The molecule has 3 aliphatic rings. The molecule has 38 heavy (non-hydrogen) atoms. The smallest absolute Gasteiger partial charge is 0.295 e. The molecule has 2 aromatic carbocycles. The van der Waals surface area contributed by atoms with Crippen molar-refractivity contribution in [2.45, 2.75) is 12.5 Å². The van der Waals surface area contributed by atoms with Crippen LogP contribution >= 0.6 is 0 Å². The van der Waals surface area contributed by atoms with Crippen molar-refractivity contribution in [2.24, 2.45) is 0 Å². The third-order valence-electron chi connectivity index (χ3n) is 7.07. The fourth-order valence-corrected chi connectivity index (χ4v) is 5.11. The van der Waals surface area contributed by atoms with E-state index in [-0.39, 0.29) is 11.3 Å². The second-order valence-corrected chi connectivity index (χ2v) is 9.27. The lowest BCUT2D eigenvalue weighted by molar-refractivity contribution is -0.140. The number of carbonyl (C=O) groups excluding carboxylic acids is 2. The monoisotopic (exact) mass is 524 g/mol. The highest BCUT2D eigenvalue weighted by molar-refractivity contribution is 6.46. The molecule has 0 bridgehead atoms. The van der Waals surface area contributed by atoms with E-state index in [0.29, 0.717) is 73.5 Å². The maximum absolute atomic E-state index is 13.4. The highest BCUT2D eigenvalue weighted by Gasteiger charge is 2.47. The first kappa shape index (κ1) is 25.9. The Hall–Kier alpha value is -3.76. The van der Waals surface area contributed by atoms with Gasteiger partial charge < -0.3 is 33.7 Å². The van der Waals surface area contributed by atoms with Gasteiger partial charge in [0.05, 0.1) is 39.0 Å². The lowest BCUT2D eigenvalue weighted by atomic mass is 9.94. The fourth-order valence-electron chi connectivity index (χ4n) is 5.11. The van der Waals surface area contributed by atoms with Gasteiger partial charge in [-0.3, -0.25) is 14.5 Å². The summed E-state index contributed by atoms with van der Waals surface area (Å²) < 4.78 is 27.6. The van der Waals surface area contributed by atoms with Crippen LogP contribution in [0.15, 0.2) is 42.0 Å². The molecule has 2 saturated heterocycles. The molecule has 3 heterocycles. The van der Waals surface area contributed by atoms with Crippen molar-refractivity contribution >= 4 is 17.4 Å². The zero-order chi connectivity index (χ0) is 26.6. The van der Waals surface area contributed by atoms with Gasteiger partial charge >= 0.3 is 0 Å². The standard InChI is InChI=1S/C28H32N2O8/c1-34-19-5-6-20(22(17-19)35-2)25-24(26(31)18-4-7-21-23(16-18)38-15-14-37-21)27(32)28(33)30(25)9-3-8-29-10-12-36-13-11-29/h4-7,16-17,25,31H,3,8-15H2,1-2H3/b26-24+. The Bertz CT molecular complexity index is 1240. The van der Waals surface area contributed by atoms with Crippen molar-refractivity contribution in [1.82, 2.24) is 9.80 Å². The second kappa shape index (κ2) is 11.3. The van der Waals surface area contributed by atoms with Crippen LogP contribution in [0, 0.1) is 0 Å². The van der Waals surface area contributed by atoms with E-state index in [1.165, 1.54) is 12.0 Å². The van der Waals surface area contributed by atoms with Crippen molar-refractivity contribution < 1.29 is 38.4 Å². The summed E-state index contributed by atoms with van der Waals surface area (Å²) in [5.41, 5.74) is 0.942. The summed E-state index contributed by atoms with van der Waals surface area (Å²) in [6.07, 6.45) is 0.659. The van der Waals surface area contributed by atoms with Crippen LogP contribution in [0.25, 0.3) is 5.76 Å². The molecule has 2 aromatic rings. The van der Waals surface area contributed by atoms with Crippen molar-refractivity contribution in [3.05, 3.63) is 53.1 Å². The van der Waals surface area contributed by atoms with E-state index in [1.807, 2.05) is 0 Å². The quantitative estimate of drug-likeness (QED) is 0.317. The van der Waals surface area contributed by atoms with Crippen LogP contribution in [0.3, 0.4) is 0 Å². The Kier molecular flexibility index (Phi) is 7.71. The van der Waals surface area contributed by atoms with Gasteiger partial charge in [0.2, 0.25) is 0 Å². The van der Waals surface area contributed by atoms with Crippen LogP contribution in [0.2, 0.25) is 0 Å². The first-order valence-electron chi connectivity index (χ1n) is 12.7. The summed E-state index contributed by atoms with van der Waals surface area (Å²) in [5, 5.41) is 11.4. The number of fused-ring (bicyclic) bond motifs is 1. The van der Waals surface area contributed by atoms with E-state index in [2.05, 4.69) is 4.90 Å². The average molecular weight is 525 g/mol. The number of carbonyl (C=O) groups is 2. The molecular weight excluding hydrogens is 492 g/mol. The van der Waals surface area contributed by atoms with Crippen LogP contribution in [-0.4, -0.2) is 93.4 Å². The largest absolute Gasteiger partial charge is 0.507 e. The number of ketones is 1. The number of morpholine rings is 1. The highest BCUT2D eigenvalue weighted by atomic mass is 16.6. The van der Waals surface area contributed by atoms with Crippen molar-refractivity contribution in [2.75, 3.05) is 66.8 Å². The molecule has 0 spiro atoms. The fraction of sp³-hybridized carbons (Fsp3) is 0.429. The van der Waals surface area contributed by atoms with E-state index >= 15 is 0 Å². The number of methoxy groups -OCH3 is 2. The minimum atomic E-state index is -0.839. The third-order valence-corrected chi connectivity index (χ3v) is 7.07. The molecule has 1 N–H and O–H groups in total. The topological polar surface area (TPSA) is 107 Å². The van der Waals surface area contributed by atoms with Gasteiger partial charge in [0.25, 0.3) is 11.7 Å². The minimum absolute atomic E-state index is 0.00140. The SMILES string of the molecule is COc1ccc(C2/C(=C(\O)c3ccc4c(c3)OCCO4)C(=O)C(=O)N2CCCN2CCOCC2)c(OC)c1. The van der Waals surface area contributed by atoms with Gasteiger partial charge in [0.15, 0.2) is 11.5 Å². The summed E-state index contributed by atoms with van der Waals surface area (Å²) >= 11 is 0. The zero-order valence-corrected chi connectivity index (χ0v) is 21.6. The van der Waals surface area contributed by atoms with Crippen LogP contribution in [0.4, 0.5) is 0 Å². The van der Waals surface area contributed by atoms with Gasteiger partial charge in [-0.2, -0.15) is 0 Å². The maximum atomic E-state index is 13.4. The van der Waals surface area contributed by atoms with Crippen molar-refractivity contribution in [1.29, 1.82) is 0 Å². The van der Waals surface area contributed by atoms with E-state index in [1.54, 1.807) is 43.5 Å². The van der Waals surface area contributed by atoms with Crippen molar-refractivity contribution in [3.8, 4) is 23.0 Å². The Balaban J connectivity index is 1.54. The molecule has 2 fully saturated rings. The predicted molar refractivity (Wildman–Crippen MR) is 138 cm³/mol. The van der Waals surface area contributed by atoms with E-state index in [4.69, 9.17) is 23.7 Å². The molecule has 202 valence electrons. The molecule has 1 atom stereocenters. The summed E-state index contributed by atoms with van der Waals surface area (Å²) in [5.74, 6) is 0.368. The van der Waals surface area contributed by atoms with E-state index in [0.717, 1.165) is 19.6 Å². The molecule has 0 aromatic heterocycles. The molecule has 3 aliphatic heterocycles. The number of likely N-dealkylation sites (tertiary alicyclic amines) is 1. The summed E-state index contributed by atoms with van der Waals surface area (Å²) in [6.45, 7) is 4.95. The molecule has 0 saturated carbocycles. The Morgan fingerprint density at radius 2 is 1.71 bits per heavy atom. The number of hydrogen-bond acceptors (Lipinski definition) is 9. The molecule has 10 nitrogen and oxygen atoms in total. The summed E-state index contributed by atoms with van der Waals surface area (Å²) in [4.78, 5) is 30.6. The lowest BCUT2D eigenvalue weighted by Gasteiger charge is -2.29. The number of amides is 1. The number of benzene rings is 2. The maximum Gasteiger partial charge on any atom is 0.295 e. The molecule has 0 aliphatic carbocycles. The van der Waals surface area contributed by atoms with E-state index in [9.17, 15) is 14.7 Å². The number of rotatable bonds is 8. The Morgan fingerprint density at radius 1 is 0.947 bits per heavy atom. The normalized spacial score (nSPS) is 21.0. The Morgan fingerprint density at radius 3 is 2.45 bits per heavy atom. The number of aliphatic hydroxyl groups is 1. The van der Waals surface area contributed by atoms with Crippen LogP contribution in [-0.2, 0) is 14.3 Å². The number of hydrogen-bond donors (Lipinski definition) is 1. The zero-order valence-electron chi connectivity index (χ0n) is 21.6. The molecule has 0 radical (unpaired) electrons. The first-order chi connectivity index (χ1) is 18.5. The van der Waals surface area contributed by atoms with Gasteiger partial charge in [-0.15, -0.1) is 0 Å². The highest BCUT2D eigenvalue weighted by Crippen LogP contribution is 2.44. The van der Waals surface area contributed by atoms with Crippen LogP contribution in [0.5, 0.6) is 23.0 Å². The molecule has 1 amide bonds. The number of ether oxygens (including phenoxy) is 5. The minimum Gasteiger partial charge on any atom is -0.507 e. The first-order valence-corrected chi connectivity index (χ1v) is 12.7. The number of aliphatic hydroxyl groups excluding tert-OH is 1. The average Bonchev–Trinajstić information content (AvgIpc) is 3.21. The van der Waals surface area contributed by atoms with E-state index < -0.39 is 17.7 Å². The van der Waals surface area contributed by atoms with Gasteiger partial charge in [0.1, 0.15) is 30.5 Å². The molecule has 5 rings (SSSR count). The van der Waals surface area contributed by atoms with Crippen molar-refractivity contribution in [3.63, 3.8) is 0 Å². The number of Topliss-reactive ketones (excluding diaryl/α,β-unsaturated/α-hetero) is 1. The predicted octanol–water partition coefficient (Wildman–Crippen LogP) is 2.62. The number of nitrogens with zero attached hydrogens (tertiary/aromatic N) is 2. The van der Waals surface area contributed by atoms with Gasteiger partial charge in [-0.05, 0) is 36.8 Å². The van der Waals surface area contributed by atoms with Gasteiger partial charge in [0, 0.05) is 43.4 Å². The molecule has 1 unspecified atom stereocenters.